The number of hydrogen-bond acceptors (Lipinski definition) is 5. The Morgan fingerprint density at radius 3 is 2.78 bits per heavy atom. The van der Waals surface area contributed by atoms with Gasteiger partial charge in [0.05, 0.1) is 16.8 Å². The van der Waals surface area contributed by atoms with Gasteiger partial charge in [-0.2, -0.15) is 26.0 Å². The average molecular weight is 296 g/mol. The largest absolute Gasteiger partial charge is 1.00 e. The van der Waals surface area contributed by atoms with Gasteiger partial charge in [-0.05, 0) is 12.1 Å². The molecule has 0 amide bonds. The summed E-state index contributed by atoms with van der Waals surface area (Å²) in [6.45, 7) is 1.68. The molecule has 18 heavy (non-hydrogen) atoms. The van der Waals surface area contributed by atoms with E-state index in [1.807, 2.05) is 12.1 Å². The summed E-state index contributed by atoms with van der Waals surface area (Å²) in [6, 6.07) is 7.20. The maximum atomic E-state index is 11.6. The fourth-order valence-electron chi connectivity index (χ4n) is 1.42. The summed E-state index contributed by atoms with van der Waals surface area (Å²) in [5, 5.41) is -0.288. The molecule has 0 aliphatic rings. The Morgan fingerprint density at radius 1 is 1.50 bits per heavy atom. The third-order valence-electron chi connectivity index (χ3n) is 2.02. The van der Waals surface area contributed by atoms with Gasteiger partial charge >= 0.3 is 45.7 Å². The van der Waals surface area contributed by atoms with Gasteiger partial charge in [0.15, 0.2) is 0 Å². The molecule has 1 heterocycles. The molecule has 1 atom stereocenters. The van der Waals surface area contributed by atoms with Crippen molar-refractivity contribution in [2.75, 3.05) is 5.75 Å². The van der Waals surface area contributed by atoms with Gasteiger partial charge in [-0.25, -0.2) is 0 Å². The van der Waals surface area contributed by atoms with E-state index < -0.39 is 10.1 Å². The van der Waals surface area contributed by atoms with Gasteiger partial charge in [0.2, 0.25) is 0 Å². The van der Waals surface area contributed by atoms with Crippen LogP contribution in [0, 0.1) is 0 Å². The number of hydrogen-bond donors (Lipinski definition) is 2. The summed E-state index contributed by atoms with van der Waals surface area (Å²) in [4.78, 5) is 6.81. The number of rotatable bonds is 4. The number of imidazole rings is 1. The fourth-order valence-corrected chi connectivity index (χ4v) is 2.94. The molecule has 2 aromatic rings. The first kappa shape index (κ1) is 15.8. The smallest absolute Gasteiger partial charge is 1.00 e. The second kappa shape index (κ2) is 6.29. The number of fused-ring (bicyclic) bond motifs is 1. The SMILES string of the molecule is CC(S)CS(=O)(=O)Oc1nc2ccccc2[nH]1.[H-].[Na+]. The van der Waals surface area contributed by atoms with Crippen LogP contribution < -0.4 is 33.7 Å². The van der Waals surface area contributed by atoms with Gasteiger partial charge in [0.1, 0.15) is 0 Å². The number of thiol groups is 1. The van der Waals surface area contributed by atoms with E-state index in [9.17, 15) is 8.42 Å². The quantitative estimate of drug-likeness (QED) is 0.418. The molecule has 1 aromatic heterocycles. The van der Waals surface area contributed by atoms with Gasteiger partial charge in [0.25, 0.3) is 0 Å². The monoisotopic (exact) mass is 296 g/mol. The van der Waals surface area contributed by atoms with Crippen LogP contribution in [0.25, 0.3) is 11.0 Å². The van der Waals surface area contributed by atoms with E-state index in [1.165, 1.54) is 0 Å². The summed E-state index contributed by atoms with van der Waals surface area (Å²) < 4.78 is 28.0. The van der Waals surface area contributed by atoms with Crippen molar-refractivity contribution in [2.45, 2.75) is 12.2 Å². The Morgan fingerprint density at radius 2 is 2.17 bits per heavy atom. The second-order valence-electron chi connectivity index (χ2n) is 3.72. The molecule has 2 rings (SSSR count). The van der Waals surface area contributed by atoms with Gasteiger partial charge in [0, 0.05) is 5.25 Å². The standard InChI is InChI=1S/C10H12N2O3S2.Na.H/c1-7(16)6-17(13,14)15-10-11-8-4-2-3-5-9(8)12-10;;/h2-5,7,16H,6H2,1H3,(H,11,12);;/q;+1;-1. The first-order valence-electron chi connectivity index (χ1n) is 5.01. The van der Waals surface area contributed by atoms with E-state index in [2.05, 4.69) is 22.6 Å². The molecule has 0 bridgehead atoms. The summed E-state index contributed by atoms with van der Waals surface area (Å²) in [7, 11) is -3.65. The van der Waals surface area contributed by atoms with Crippen LogP contribution in [0.15, 0.2) is 24.3 Å². The van der Waals surface area contributed by atoms with Crippen molar-refractivity contribution in [1.82, 2.24) is 9.97 Å². The Balaban J connectivity index is 0.00000162. The number of nitrogens with one attached hydrogen (secondary N) is 1. The Kier molecular flexibility index (Phi) is 5.54. The van der Waals surface area contributed by atoms with E-state index in [0.29, 0.717) is 5.52 Å². The minimum atomic E-state index is -3.65. The number of benzene rings is 1. The maximum Gasteiger partial charge on any atom is 1.00 e. The number of H-pyrrole nitrogens is 1. The molecule has 0 radical (unpaired) electrons. The zero-order valence-electron chi connectivity index (χ0n) is 11.1. The molecule has 0 aliphatic heterocycles. The fraction of sp³-hybridized carbons (Fsp3) is 0.300. The molecule has 0 saturated heterocycles. The Hall–Kier alpha value is -0.210. The van der Waals surface area contributed by atoms with Crippen LogP contribution >= 0.6 is 12.6 Å². The molecule has 0 saturated carbocycles. The van der Waals surface area contributed by atoms with E-state index in [1.54, 1.807) is 19.1 Å². The van der Waals surface area contributed by atoms with Crippen LogP contribution in [0.1, 0.15) is 8.35 Å². The van der Waals surface area contributed by atoms with Crippen LogP contribution in [-0.2, 0) is 10.1 Å². The van der Waals surface area contributed by atoms with Crippen molar-refractivity contribution >= 4 is 33.8 Å². The maximum absolute atomic E-state index is 11.6. The summed E-state index contributed by atoms with van der Waals surface area (Å²) in [5.41, 5.74) is 1.40. The van der Waals surface area contributed by atoms with Crippen molar-refractivity contribution < 1.29 is 43.6 Å². The number of para-hydroxylation sites is 2. The molecule has 94 valence electrons. The molecule has 8 heteroatoms. The summed E-state index contributed by atoms with van der Waals surface area (Å²) in [6.07, 6.45) is 0. The van der Waals surface area contributed by atoms with Gasteiger partial charge in [-0.3, -0.25) is 0 Å². The van der Waals surface area contributed by atoms with E-state index >= 15 is 0 Å². The van der Waals surface area contributed by atoms with Gasteiger partial charge < -0.3 is 10.6 Å². The van der Waals surface area contributed by atoms with Crippen LogP contribution in [-0.4, -0.2) is 29.4 Å². The first-order chi connectivity index (χ1) is 7.96. The van der Waals surface area contributed by atoms with Crippen molar-refractivity contribution in [2.24, 2.45) is 0 Å². The predicted molar refractivity (Wildman–Crippen MR) is 70.1 cm³/mol. The second-order valence-corrected chi connectivity index (χ2v) is 6.21. The van der Waals surface area contributed by atoms with E-state index in [0.717, 1.165) is 5.52 Å². The van der Waals surface area contributed by atoms with Crippen LogP contribution in [0.5, 0.6) is 6.01 Å². The molecule has 0 fully saturated rings. The van der Waals surface area contributed by atoms with Crippen molar-refractivity contribution in [1.29, 1.82) is 0 Å². The normalized spacial score (nSPS) is 13.0. The van der Waals surface area contributed by atoms with Crippen molar-refractivity contribution in [3.05, 3.63) is 24.3 Å². The Labute approximate surface area is 135 Å². The summed E-state index contributed by atoms with van der Waals surface area (Å²) >= 11 is 4.02. The molecule has 1 aromatic carbocycles. The predicted octanol–water partition coefficient (Wildman–Crippen LogP) is -1.29. The van der Waals surface area contributed by atoms with Crippen LogP contribution in [0.4, 0.5) is 0 Å². The number of aromatic amines is 1. The van der Waals surface area contributed by atoms with E-state index in [-0.39, 0.29) is 48.0 Å². The topological polar surface area (TPSA) is 72.1 Å². The molecular formula is C10H13N2NaO3S2. The van der Waals surface area contributed by atoms with Gasteiger partial charge in [-0.1, -0.05) is 19.1 Å². The molecular weight excluding hydrogens is 283 g/mol. The third kappa shape index (κ3) is 4.17. The minimum absolute atomic E-state index is 0. The molecule has 5 nitrogen and oxygen atoms in total. The zero-order chi connectivity index (χ0) is 12.5. The average Bonchev–Trinajstić information content (AvgIpc) is 2.55. The first-order valence-corrected chi connectivity index (χ1v) is 7.10. The Bertz CT molecular complexity index is 597. The van der Waals surface area contributed by atoms with Crippen LogP contribution in [0.2, 0.25) is 0 Å². The third-order valence-corrected chi connectivity index (χ3v) is 3.77. The molecule has 0 aliphatic carbocycles. The molecule has 0 spiro atoms. The van der Waals surface area contributed by atoms with E-state index in [4.69, 9.17) is 4.18 Å². The van der Waals surface area contributed by atoms with Crippen LogP contribution in [0.3, 0.4) is 0 Å². The number of nitrogens with zero attached hydrogens (tertiary/aromatic N) is 1. The molecule has 1 unspecified atom stereocenters. The number of aromatic nitrogens is 2. The van der Waals surface area contributed by atoms with Crippen molar-refractivity contribution in [3.8, 4) is 6.01 Å². The zero-order valence-corrected chi connectivity index (χ0v) is 13.8. The van der Waals surface area contributed by atoms with Gasteiger partial charge in [-0.15, -0.1) is 0 Å². The summed E-state index contributed by atoms with van der Waals surface area (Å²) in [5.74, 6) is -0.160. The van der Waals surface area contributed by atoms with Crippen molar-refractivity contribution in [3.63, 3.8) is 0 Å². The molecule has 1 N–H and O–H groups in total. The minimum Gasteiger partial charge on any atom is -1.00 e.